The van der Waals surface area contributed by atoms with Crippen LogP contribution in [0.4, 0.5) is 0 Å². The Labute approximate surface area is 209 Å². The van der Waals surface area contributed by atoms with Crippen LogP contribution in [0.2, 0.25) is 0 Å². The van der Waals surface area contributed by atoms with E-state index in [0.717, 1.165) is 24.8 Å². The van der Waals surface area contributed by atoms with E-state index in [1.54, 1.807) is 12.1 Å². The summed E-state index contributed by atoms with van der Waals surface area (Å²) < 4.78 is 38.8. The molecule has 31 heavy (non-hydrogen) atoms. The van der Waals surface area contributed by atoms with Crippen molar-refractivity contribution in [1.29, 1.82) is 0 Å². The predicted octanol–water partition coefficient (Wildman–Crippen LogP) is 3.27. The first-order chi connectivity index (χ1) is 14.4. The fourth-order valence-corrected chi connectivity index (χ4v) is 4.14. The number of hydrogen-bond donors (Lipinski definition) is 1. The summed E-state index contributed by atoms with van der Waals surface area (Å²) in [5.41, 5.74) is 0.840. The van der Waals surface area contributed by atoms with E-state index in [1.165, 1.54) is 81.7 Å². The molecule has 0 aromatic heterocycles. The van der Waals surface area contributed by atoms with Gasteiger partial charge in [-0.1, -0.05) is 82.9 Å². The second kappa shape index (κ2) is 14.9. The van der Waals surface area contributed by atoms with E-state index < -0.39 is 10.1 Å². The third-order valence-corrected chi connectivity index (χ3v) is 6.01. The van der Waals surface area contributed by atoms with Gasteiger partial charge in [0.1, 0.15) is 16.4 Å². The van der Waals surface area contributed by atoms with E-state index >= 15 is 0 Å². The molecule has 2 rings (SSSR count). The van der Waals surface area contributed by atoms with Gasteiger partial charge < -0.3 is 9.84 Å². The molecule has 0 aliphatic carbocycles. The first-order valence-electron chi connectivity index (χ1n) is 11.0. The first kappa shape index (κ1) is 28.0. The van der Waals surface area contributed by atoms with E-state index in [0.29, 0.717) is 0 Å². The quantitative estimate of drug-likeness (QED) is 0.268. The summed E-state index contributed by atoms with van der Waals surface area (Å²) in [6.45, 7) is 2.23. The van der Waals surface area contributed by atoms with E-state index in [-0.39, 0.29) is 51.7 Å². The van der Waals surface area contributed by atoms with Crippen molar-refractivity contribution in [3.8, 4) is 17.2 Å². The molecule has 0 atom stereocenters. The normalized spacial score (nSPS) is 11.2. The van der Waals surface area contributed by atoms with Gasteiger partial charge in [-0.05, 0) is 42.7 Å². The average molecular weight is 457 g/mol. The molecule has 7 heteroatoms. The maximum Gasteiger partial charge on any atom is 1.00 e. The molecular weight excluding hydrogens is 423 g/mol. The van der Waals surface area contributed by atoms with Crippen molar-refractivity contribution in [2.24, 2.45) is 0 Å². The monoisotopic (exact) mass is 456 g/mol. The Morgan fingerprint density at radius 1 is 0.871 bits per heavy atom. The summed E-state index contributed by atoms with van der Waals surface area (Å²) >= 11 is 0. The van der Waals surface area contributed by atoms with Gasteiger partial charge >= 0.3 is 29.6 Å². The van der Waals surface area contributed by atoms with Crippen molar-refractivity contribution >= 4 is 10.1 Å². The van der Waals surface area contributed by atoms with Crippen LogP contribution in [0.3, 0.4) is 0 Å². The smallest absolute Gasteiger partial charge is 0.872 e. The van der Waals surface area contributed by atoms with Gasteiger partial charge in [0.25, 0.3) is 10.1 Å². The second-order valence-electron chi connectivity index (χ2n) is 7.77. The Balaban J connectivity index is 0.00000480. The molecule has 0 radical (unpaired) electrons. The minimum Gasteiger partial charge on any atom is -0.872 e. The first-order valence-corrected chi connectivity index (χ1v) is 12.4. The van der Waals surface area contributed by atoms with E-state index in [4.69, 9.17) is 4.74 Å². The van der Waals surface area contributed by atoms with Gasteiger partial charge in [-0.3, -0.25) is 4.55 Å². The Morgan fingerprint density at radius 2 is 1.48 bits per heavy atom. The number of benzene rings is 2. The van der Waals surface area contributed by atoms with Crippen LogP contribution >= 0.6 is 0 Å². The second-order valence-corrected chi connectivity index (χ2v) is 9.16. The maximum atomic E-state index is 11.8. The van der Waals surface area contributed by atoms with Gasteiger partial charge in [0, 0.05) is 0 Å². The Bertz CT molecular complexity index is 883. The molecule has 0 aliphatic heterocycles. The third kappa shape index (κ3) is 10.9. The minimum absolute atomic E-state index is 0. The van der Waals surface area contributed by atoms with Crippen LogP contribution in [-0.2, 0) is 16.5 Å². The van der Waals surface area contributed by atoms with Crippen LogP contribution in [0.25, 0.3) is 0 Å². The van der Waals surface area contributed by atoms with Crippen molar-refractivity contribution < 1.29 is 52.4 Å². The molecule has 0 aliphatic rings. The van der Waals surface area contributed by atoms with E-state index in [9.17, 15) is 18.1 Å². The standard InChI is InChI=1S/C24H34O5S.Na/c1-2-3-4-5-6-7-8-9-10-11-13-20-16-17-23(24(18-20)30(26,27)28)29-22-15-12-14-21(25)19-22;/h12,14-19,25H,2-11,13H2,1H3,(H,26,27,28);/q;+1/p-1. The molecule has 166 valence electrons. The number of ether oxygens (including phenoxy) is 1. The van der Waals surface area contributed by atoms with E-state index in [2.05, 4.69) is 6.92 Å². The summed E-state index contributed by atoms with van der Waals surface area (Å²) in [6, 6.07) is 10.5. The van der Waals surface area contributed by atoms with Gasteiger partial charge in [0.15, 0.2) is 0 Å². The predicted molar refractivity (Wildman–Crippen MR) is 118 cm³/mol. The Morgan fingerprint density at radius 3 is 2.06 bits per heavy atom. The molecule has 5 nitrogen and oxygen atoms in total. The zero-order valence-corrected chi connectivity index (χ0v) is 21.6. The molecule has 0 bridgehead atoms. The minimum atomic E-state index is -4.44. The van der Waals surface area contributed by atoms with Gasteiger partial charge in [-0.15, -0.1) is 5.75 Å². The fourth-order valence-electron chi connectivity index (χ4n) is 3.48. The average Bonchev–Trinajstić information content (AvgIpc) is 2.69. The number of unbranched alkanes of at least 4 members (excludes halogenated alkanes) is 9. The summed E-state index contributed by atoms with van der Waals surface area (Å²) in [5, 5.41) is 11.4. The van der Waals surface area contributed by atoms with Crippen molar-refractivity contribution in [3.63, 3.8) is 0 Å². The summed E-state index contributed by atoms with van der Waals surface area (Å²) in [6.07, 6.45) is 13.1. The maximum absolute atomic E-state index is 11.8. The molecular formula is C24H33NaO5S. The Kier molecular flexibility index (Phi) is 13.5. The largest absolute Gasteiger partial charge is 1.00 e. The summed E-state index contributed by atoms with van der Waals surface area (Å²) in [4.78, 5) is -0.275. The molecule has 2 aromatic rings. The third-order valence-electron chi connectivity index (χ3n) is 5.14. The van der Waals surface area contributed by atoms with Crippen LogP contribution in [0.1, 0.15) is 76.7 Å². The fraction of sp³-hybridized carbons (Fsp3) is 0.500. The van der Waals surface area contributed by atoms with Gasteiger partial charge in [0.2, 0.25) is 0 Å². The molecule has 0 spiro atoms. The van der Waals surface area contributed by atoms with E-state index in [1.807, 2.05) is 0 Å². The molecule has 2 aromatic carbocycles. The SMILES string of the molecule is CCCCCCCCCCCCc1ccc(Oc2cccc([O-])c2)c(S(=O)(=O)O)c1.[Na+]. The summed E-state index contributed by atoms with van der Waals surface area (Å²) in [5.74, 6) is 0.00301. The molecule has 0 unspecified atom stereocenters. The Hall–Kier alpha value is -1.05. The topological polar surface area (TPSA) is 86.7 Å². The molecule has 0 amide bonds. The molecule has 0 saturated carbocycles. The van der Waals surface area contributed by atoms with Crippen LogP contribution < -0.4 is 39.4 Å². The molecule has 0 fully saturated rings. The van der Waals surface area contributed by atoms with Crippen LogP contribution in [0.5, 0.6) is 17.2 Å². The van der Waals surface area contributed by atoms with Crippen molar-refractivity contribution in [2.75, 3.05) is 0 Å². The molecule has 0 saturated heterocycles. The van der Waals surface area contributed by atoms with Crippen molar-refractivity contribution in [1.82, 2.24) is 0 Å². The van der Waals surface area contributed by atoms with Crippen LogP contribution in [0, 0.1) is 0 Å². The molecule has 1 N–H and O–H groups in total. The summed E-state index contributed by atoms with van der Waals surface area (Å²) in [7, 11) is -4.44. The van der Waals surface area contributed by atoms with Crippen molar-refractivity contribution in [3.05, 3.63) is 48.0 Å². The number of hydrogen-bond acceptors (Lipinski definition) is 4. The van der Waals surface area contributed by atoms with Gasteiger partial charge in [0.05, 0.1) is 0 Å². The molecule has 0 heterocycles. The van der Waals surface area contributed by atoms with Gasteiger partial charge in [-0.2, -0.15) is 8.42 Å². The van der Waals surface area contributed by atoms with Crippen molar-refractivity contribution in [2.45, 2.75) is 82.4 Å². The zero-order chi connectivity index (χ0) is 21.8. The number of aryl methyl sites for hydroxylation is 1. The zero-order valence-electron chi connectivity index (χ0n) is 18.8. The number of rotatable bonds is 14. The van der Waals surface area contributed by atoms with Crippen LogP contribution in [0.15, 0.2) is 47.4 Å². The van der Waals surface area contributed by atoms with Crippen LogP contribution in [-0.4, -0.2) is 13.0 Å². The van der Waals surface area contributed by atoms with Gasteiger partial charge in [-0.25, -0.2) is 0 Å².